The van der Waals surface area contributed by atoms with E-state index in [1.165, 1.54) is 6.26 Å². The smallest absolute Gasteiger partial charge is 0.191 e. The maximum absolute atomic E-state index is 11.7. The van der Waals surface area contributed by atoms with E-state index in [2.05, 4.69) is 20.6 Å². The summed E-state index contributed by atoms with van der Waals surface area (Å²) < 4.78 is 23.5. The number of anilines is 1. The van der Waals surface area contributed by atoms with Crippen molar-refractivity contribution in [2.24, 2.45) is 4.99 Å². The number of hydrogen-bond donors (Lipinski definition) is 2. The summed E-state index contributed by atoms with van der Waals surface area (Å²) >= 11 is 0. The van der Waals surface area contributed by atoms with Crippen LogP contribution >= 0.6 is 24.0 Å². The number of halogens is 1. The van der Waals surface area contributed by atoms with Crippen molar-refractivity contribution in [1.29, 1.82) is 0 Å². The third-order valence-electron chi connectivity index (χ3n) is 4.09. The molecule has 160 valence electrons. The summed E-state index contributed by atoms with van der Waals surface area (Å²) in [6.45, 7) is 5.55. The van der Waals surface area contributed by atoms with Crippen molar-refractivity contribution >= 4 is 45.6 Å². The van der Waals surface area contributed by atoms with Crippen molar-refractivity contribution in [2.75, 3.05) is 31.8 Å². The van der Waals surface area contributed by atoms with Crippen LogP contribution in [-0.2, 0) is 22.9 Å². The highest BCUT2D eigenvalue weighted by Gasteiger charge is 2.10. The third-order valence-corrected chi connectivity index (χ3v) is 5.35. The number of nitrogens with zero attached hydrogens (tertiary/aromatic N) is 3. The van der Waals surface area contributed by atoms with Gasteiger partial charge in [0.05, 0.1) is 23.7 Å². The molecule has 2 aromatic rings. The van der Waals surface area contributed by atoms with Crippen LogP contribution in [-0.4, -0.2) is 46.3 Å². The standard InChI is InChI=1S/C20H29N5O2S.HI/c1-6-21-20(23-14-17-8-7-9-19(24-17)25(3)4)22-13-16-10-11-18(15(2)12-16)28(5,26)27;/h7-12H,6,13-14H2,1-5H3,(H2,21,22,23);1H. The number of aromatic nitrogens is 1. The molecule has 29 heavy (non-hydrogen) atoms. The second kappa shape index (κ2) is 11.3. The Morgan fingerprint density at radius 3 is 2.48 bits per heavy atom. The molecule has 2 rings (SSSR count). The SMILES string of the molecule is CCNC(=NCc1ccc(S(C)(=O)=O)c(C)c1)NCc1cccc(N(C)C)n1.I. The summed E-state index contributed by atoms with van der Waals surface area (Å²) in [7, 11) is 0.711. The van der Waals surface area contributed by atoms with Gasteiger partial charge in [0.15, 0.2) is 15.8 Å². The first-order valence-corrected chi connectivity index (χ1v) is 11.0. The zero-order chi connectivity index (χ0) is 20.7. The highest BCUT2D eigenvalue weighted by Crippen LogP contribution is 2.17. The maximum atomic E-state index is 11.7. The molecule has 2 N–H and O–H groups in total. The number of aryl methyl sites for hydroxylation is 1. The van der Waals surface area contributed by atoms with Gasteiger partial charge in [-0.1, -0.05) is 18.2 Å². The third kappa shape index (κ3) is 7.81. The quantitative estimate of drug-likeness (QED) is 0.325. The summed E-state index contributed by atoms with van der Waals surface area (Å²) in [5, 5.41) is 6.50. The van der Waals surface area contributed by atoms with Crippen LogP contribution in [0.5, 0.6) is 0 Å². The van der Waals surface area contributed by atoms with E-state index in [0.29, 0.717) is 23.9 Å². The molecule has 0 fully saturated rings. The van der Waals surface area contributed by atoms with Crippen LogP contribution in [0.4, 0.5) is 5.82 Å². The first-order chi connectivity index (χ1) is 13.2. The van der Waals surface area contributed by atoms with Crippen LogP contribution in [0.25, 0.3) is 0 Å². The van der Waals surface area contributed by atoms with E-state index in [1.807, 2.05) is 50.2 Å². The van der Waals surface area contributed by atoms with Crippen LogP contribution in [0.2, 0.25) is 0 Å². The number of sulfone groups is 1. The van der Waals surface area contributed by atoms with E-state index in [4.69, 9.17) is 0 Å². The van der Waals surface area contributed by atoms with Gasteiger partial charge in [-0.05, 0) is 43.2 Å². The van der Waals surface area contributed by atoms with Gasteiger partial charge in [0.25, 0.3) is 0 Å². The number of hydrogen-bond acceptors (Lipinski definition) is 5. The average Bonchev–Trinajstić information content (AvgIpc) is 2.63. The Labute approximate surface area is 191 Å². The topological polar surface area (TPSA) is 86.7 Å². The molecule has 0 aliphatic heterocycles. The van der Waals surface area contributed by atoms with Crippen LogP contribution < -0.4 is 15.5 Å². The summed E-state index contributed by atoms with van der Waals surface area (Å²) in [4.78, 5) is 11.5. The maximum Gasteiger partial charge on any atom is 0.191 e. The molecular weight excluding hydrogens is 501 g/mol. The van der Waals surface area contributed by atoms with Crippen molar-refractivity contribution in [1.82, 2.24) is 15.6 Å². The largest absolute Gasteiger partial charge is 0.363 e. The second-order valence-corrected chi connectivity index (χ2v) is 8.79. The minimum atomic E-state index is -3.21. The van der Waals surface area contributed by atoms with Gasteiger partial charge in [0.1, 0.15) is 5.82 Å². The molecule has 0 aliphatic rings. The van der Waals surface area contributed by atoms with Gasteiger partial charge in [0.2, 0.25) is 0 Å². The normalized spacial score (nSPS) is 11.6. The fraction of sp³-hybridized carbons (Fsp3) is 0.400. The lowest BCUT2D eigenvalue weighted by atomic mass is 10.1. The number of pyridine rings is 1. The van der Waals surface area contributed by atoms with E-state index >= 15 is 0 Å². The van der Waals surface area contributed by atoms with Crippen molar-refractivity contribution in [3.8, 4) is 0 Å². The summed E-state index contributed by atoms with van der Waals surface area (Å²) in [6, 6.07) is 11.2. The van der Waals surface area contributed by atoms with Gasteiger partial charge in [-0.3, -0.25) is 0 Å². The lowest BCUT2D eigenvalue weighted by Crippen LogP contribution is -2.37. The Hall–Kier alpha value is -1.88. The predicted octanol–water partition coefficient (Wildman–Crippen LogP) is 2.73. The Balaban J connectivity index is 0.00000420. The lowest BCUT2D eigenvalue weighted by Gasteiger charge is -2.14. The summed E-state index contributed by atoms with van der Waals surface area (Å²) in [5.41, 5.74) is 2.61. The predicted molar refractivity (Wildman–Crippen MR) is 130 cm³/mol. The number of guanidine groups is 1. The fourth-order valence-electron chi connectivity index (χ4n) is 2.73. The molecular formula is C20H30IN5O2S. The number of aliphatic imine (C=N–C) groups is 1. The molecule has 7 nitrogen and oxygen atoms in total. The van der Waals surface area contributed by atoms with Crippen LogP contribution in [0.15, 0.2) is 46.3 Å². The van der Waals surface area contributed by atoms with Crippen molar-refractivity contribution < 1.29 is 8.42 Å². The Morgan fingerprint density at radius 1 is 1.17 bits per heavy atom. The number of rotatable bonds is 7. The molecule has 0 saturated heterocycles. The molecule has 9 heteroatoms. The van der Waals surface area contributed by atoms with E-state index in [-0.39, 0.29) is 24.0 Å². The average molecular weight is 531 g/mol. The number of benzene rings is 1. The molecule has 0 bridgehead atoms. The van der Waals surface area contributed by atoms with Gasteiger partial charge in [-0.15, -0.1) is 24.0 Å². The number of nitrogens with one attached hydrogen (secondary N) is 2. The zero-order valence-electron chi connectivity index (χ0n) is 17.6. The Morgan fingerprint density at radius 2 is 1.90 bits per heavy atom. The van der Waals surface area contributed by atoms with Gasteiger partial charge < -0.3 is 15.5 Å². The highest BCUT2D eigenvalue weighted by molar-refractivity contribution is 14.0. The molecule has 0 spiro atoms. The van der Waals surface area contributed by atoms with Gasteiger partial charge in [0, 0.05) is 26.9 Å². The summed E-state index contributed by atoms with van der Waals surface area (Å²) in [5.74, 6) is 1.59. The van der Waals surface area contributed by atoms with Gasteiger partial charge >= 0.3 is 0 Å². The zero-order valence-corrected chi connectivity index (χ0v) is 20.7. The first kappa shape index (κ1) is 25.2. The molecule has 0 unspecified atom stereocenters. The lowest BCUT2D eigenvalue weighted by molar-refractivity contribution is 0.601. The van der Waals surface area contributed by atoms with Crippen LogP contribution in [0.1, 0.15) is 23.7 Å². The van der Waals surface area contributed by atoms with Crippen LogP contribution in [0.3, 0.4) is 0 Å². The molecule has 0 aliphatic carbocycles. The first-order valence-electron chi connectivity index (χ1n) is 9.15. The van der Waals surface area contributed by atoms with E-state index < -0.39 is 9.84 Å². The molecule has 1 heterocycles. The fourth-order valence-corrected chi connectivity index (χ4v) is 3.69. The van der Waals surface area contributed by atoms with Crippen molar-refractivity contribution in [3.63, 3.8) is 0 Å². The minimum absolute atomic E-state index is 0. The highest BCUT2D eigenvalue weighted by atomic mass is 127. The molecule has 0 atom stereocenters. The Kier molecular flexibility index (Phi) is 9.84. The van der Waals surface area contributed by atoms with E-state index in [1.54, 1.807) is 19.1 Å². The van der Waals surface area contributed by atoms with E-state index in [0.717, 1.165) is 29.2 Å². The minimum Gasteiger partial charge on any atom is -0.363 e. The molecule has 0 saturated carbocycles. The van der Waals surface area contributed by atoms with Crippen LogP contribution in [0, 0.1) is 6.92 Å². The second-order valence-electron chi connectivity index (χ2n) is 6.80. The van der Waals surface area contributed by atoms with Gasteiger partial charge in [-0.25, -0.2) is 18.4 Å². The van der Waals surface area contributed by atoms with E-state index in [9.17, 15) is 8.42 Å². The van der Waals surface area contributed by atoms with Crippen molar-refractivity contribution in [2.45, 2.75) is 31.8 Å². The summed E-state index contributed by atoms with van der Waals surface area (Å²) in [6.07, 6.45) is 1.22. The van der Waals surface area contributed by atoms with Gasteiger partial charge in [-0.2, -0.15) is 0 Å². The molecule has 0 amide bonds. The monoisotopic (exact) mass is 531 g/mol. The Bertz CT molecular complexity index is 946. The molecule has 1 aromatic carbocycles. The molecule has 1 aromatic heterocycles. The molecule has 0 radical (unpaired) electrons. The van der Waals surface area contributed by atoms with Crippen molar-refractivity contribution in [3.05, 3.63) is 53.2 Å².